The maximum atomic E-state index is 12.5. The van der Waals surface area contributed by atoms with Crippen LogP contribution in [0.5, 0.6) is 5.75 Å². The summed E-state index contributed by atoms with van der Waals surface area (Å²) >= 11 is 0. The van der Waals surface area contributed by atoms with Crippen LogP contribution in [0.4, 0.5) is 18.9 Å². The molecule has 0 spiro atoms. The highest BCUT2D eigenvalue weighted by Gasteiger charge is 2.34. The molecule has 0 aliphatic heterocycles. The van der Waals surface area contributed by atoms with Crippen LogP contribution in [0.3, 0.4) is 0 Å². The van der Waals surface area contributed by atoms with Crippen molar-refractivity contribution in [2.45, 2.75) is 25.1 Å². The molecule has 3 nitrogen and oxygen atoms in total. The first-order valence-electron chi connectivity index (χ1n) is 5.29. The van der Waals surface area contributed by atoms with Crippen molar-refractivity contribution in [3.05, 3.63) is 18.0 Å². The largest absolute Gasteiger partial charge is 0.487 e. The van der Waals surface area contributed by atoms with Crippen LogP contribution in [-0.2, 0) is 6.18 Å². The molecule has 1 aromatic rings. The summed E-state index contributed by atoms with van der Waals surface area (Å²) in [6.07, 6.45) is -1.24. The van der Waals surface area contributed by atoms with E-state index in [0.29, 0.717) is 11.4 Å². The van der Waals surface area contributed by atoms with Crippen LogP contribution < -0.4 is 9.64 Å². The van der Waals surface area contributed by atoms with Gasteiger partial charge in [-0.25, -0.2) is 4.98 Å². The number of rotatable bonds is 3. The quantitative estimate of drug-likeness (QED) is 0.820. The van der Waals surface area contributed by atoms with Gasteiger partial charge in [0.2, 0.25) is 0 Å². The first-order valence-corrected chi connectivity index (χ1v) is 5.29. The second-order valence-corrected chi connectivity index (χ2v) is 4.25. The summed E-state index contributed by atoms with van der Waals surface area (Å²) in [6, 6.07) is 1.01. The lowest BCUT2D eigenvalue weighted by molar-refractivity contribution is -0.141. The zero-order valence-corrected chi connectivity index (χ0v) is 9.58. The third-order valence-corrected chi connectivity index (χ3v) is 2.44. The van der Waals surface area contributed by atoms with Crippen molar-refractivity contribution >= 4 is 5.69 Å². The fourth-order valence-electron chi connectivity index (χ4n) is 1.39. The maximum Gasteiger partial charge on any atom is 0.433 e. The van der Waals surface area contributed by atoms with Gasteiger partial charge in [0, 0.05) is 14.1 Å². The van der Waals surface area contributed by atoms with E-state index in [1.807, 2.05) is 0 Å². The van der Waals surface area contributed by atoms with Crippen LogP contribution in [0.15, 0.2) is 12.3 Å². The highest BCUT2D eigenvalue weighted by molar-refractivity contribution is 5.57. The predicted molar refractivity (Wildman–Crippen MR) is 57.2 cm³/mol. The molecule has 1 aromatic heterocycles. The Morgan fingerprint density at radius 1 is 1.35 bits per heavy atom. The van der Waals surface area contributed by atoms with Gasteiger partial charge in [-0.05, 0) is 18.9 Å². The first-order chi connectivity index (χ1) is 7.88. The predicted octanol–water partition coefficient (Wildman–Crippen LogP) is 2.71. The van der Waals surface area contributed by atoms with Crippen molar-refractivity contribution in [3.63, 3.8) is 0 Å². The van der Waals surface area contributed by atoms with E-state index in [-0.39, 0.29) is 6.10 Å². The normalized spacial score (nSPS) is 15.8. The van der Waals surface area contributed by atoms with Crippen molar-refractivity contribution in [2.24, 2.45) is 0 Å². The Morgan fingerprint density at radius 2 is 2.00 bits per heavy atom. The van der Waals surface area contributed by atoms with Gasteiger partial charge in [-0.2, -0.15) is 13.2 Å². The van der Waals surface area contributed by atoms with Crippen molar-refractivity contribution in [1.29, 1.82) is 0 Å². The zero-order chi connectivity index (χ0) is 12.6. The molecule has 0 bridgehead atoms. The second-order valence-electron chi connectivity index (χ2n) is 4.25. The number of aromatic nitrogens is 1. The van der Waals surface area contributed by atoms with Crippen LogP contribution in [0.2, 0.25) is 0 Å². The van der Waals surface area contributed by atoms with Crippen LogP contribution >= 0.6 is 0 Å². The standard InChI is InChI=1S/C11H13F3N2O/c1-16(2)8-5-10(11(12,13)14)15-6-9(8)17-7-3-4-7/h5-7H,3-4H2,1-2H3. The zero-order valence-electron chi connectivity index (χ0n) is 9.58. The minimum atomic E-state index is -4.43. The van der Waals surface area contributed by atoms with Crippen molar-refractivity contribution in [3.8, 4) is 5.75 Å². The molecule has 94 valence electrons. The average molecular weight is 246 g/mol. The van der Waals surface area contributed by atoms with Gasteiger partial charge < -0.3 is 9.64 Å². The number of hydrogen-bond acceptors (Lipinski definition) is 3. The molecule has 1 heterocycles. The number of hydrogen-bond donors (Lipinski definition) is 0. The molecule has 1 saturated carbocycles. The molecule has 0 aromatic carbocycles. The molecule has 1 aliphatic carbocycles. The third kappa shape index (κ3) is 2.81. The molecular formula is C11H13F3N2O. The van der Waals surface area contributed by atoms with Crippen molar-refractivity contribution < 1.29 is 17.9 Å². The molecule has 0 N–H and O–H groups in total. The molecule has 0 saturated heterocycles. The number of ether oxygens (including phenoxy) is 1. The maximum absolute atomic E-state index is 12.5. The molecule has 0 unspecified atom stereocenters. The summed E-state index contributed by atoms with van der Waals surface area (Å²) < 4.78 is 43.1. The number of alkyl halides is 3. The monoisotopic (exact) mass is 246 g/mol. The Labute approximate surface area is 97.2 Å². The number of pyridine rings is 1. The summed E-state index contributed by atoms with van der Waals surface area (Å²) in [5.41, 5.74) is -0.497. The summed E-state index contributed by atoms with van der Waals surface area (Å²) in [7, 11) is 3.35. The molecule has 1 fully saturated rings. The topological polar surface area (TPSA) is 25.4 Å². The highest BCUT2D eigenvalue weighted by atomic mass is 19.4. The van der Waals surface area contributed by atoms with E-state index in [4.69, 9.17) is 4.74 Å². The van der Waals surface area contributed by atoms with Gasteiger partial charge in [0.05, 0.1) is 18.0 Å². The van der Waals surface area contributed by atoms with Gasteiger partial charge >= 0.3 is 6.18 Å². The molecule has 0 amide bonds. The lowest BCUT2D eigenvalue weighted by Crippen LogP contribution is -2.15. The summed E-state index contributed by atoms with van der Waals surface area (Å²) in [5.74, 6) is 0.408. The average Bonchev–Trinajstić information content (AvgIpc) is 3.00. The van der Waals surface area contributed by atoms with Crippen LogP contribution in [0.25, 0.3) is 0 Å². The molecule has 0 radical (unpaired) electrons. The Balaban J connectivity index is 2.33. The van der Waals surface area contributed by atoms with E-state index in [0.717, 1.165) is 25.1 Å². The van der Waals surface area contributed by atoms with E-state index < -0.39 is 11.9 Å². The molecule has 0 atom stereocenters. The fraction of sp³-hybridized carbons (Fsp3) is 0.545. The second kappa shape index (κ2) is 4.09. The van der Waals surface area contributed by atoms with E-state index in [2.05, 4.69) is 4.98 Å². The third-order valence-electron chi connectivity index (χ3n) is 2.44. The van der Waals surface area contributed by atoms with E-state index in [1.54, 1.807) is 19.0 Å². The van der Waals surface area contributed by atoms with Crippen molar-refractivity contribution in [1.82, 2.24) is 4.98 Å². The van der Waals surface area contributed by atoms with E-state index in [9.17, 15) is 13.2 Å². The molecule has 2 rings (SSSR count). The molecule has 6 heteroatoms. The summed E-state index contributed by atoms with van der Waals surface area (Å²) in [4.78, 5) is 4.99. The molecule has 17 heavy (non-hydrogen) atoms. The van der Waals surface area contributed by atoms with Crippen LogP contribution in [0, 0.1) is 0 Å². The number of anilines is 1. The summed E-state index contributed by atoms with van der Waals surface area (Å²) in [5, 5.41) is 0. The Hall–Kier alpha value is -1.46. The van der Waals surface area contributed by atoms with Crippen LogP contribution in [0.1, 0.15) is 18.5 Å². The SMILES string of the molecule is CN(C)c1cc(C(F)(F)F)ncc1OC1CC1. The van der Waals surface area contributed by atoms with Gasteiger partial charge in [-0.1, -0.05) is 0 Å². The Kier molecular flexibility index (Phi) is 2.89. The molecule has 1 aliphatic rings. The minimum absolute atomic E-state index is 0.132. The Morgan fingerprint density at radius 3 is 2.47 bits per heavy atom. The van der Waals surface area contributed by atoms with Gasteiger partial charge in [-0.15, -0.1) is 0 Å². The van der Waals surface area contributed by atoms with Gasteiger partial charge in [0.1, 0.15) is 5.69 Å². The van der Waals surface area contributed by atoms with Gasteiger partial charge in [0.15, 0.2) is 5.75 Å². The van der Waals surface area contributed by atoms with E-state index in [1.165, 1.54) is 0 Å². The molecular weight excluding hydrogens is 233 g/mol. The number of halogens is 3. The first kappa shape index (κ1) is 12.0. The van der Waals surface area contributed by atoms with E-state index >= 15 is 0 Å². The van der Waals surface area contributed by atoms with Gasteiger partial charge in [-0.3, -0.25) is 0 Å². The Bertz CT molecular complexity index is 414. The lowest BCUT2D eigenvalue weighted by Gasteiger charge is -2.19. The summed E-state index contributed by atoms with van der Waals surface area (Å²) in [6.45, 7) is 0. The number of nitrogens with zero attached hydrogens (tertiary/aromatic N) is 2. The minimum Gasteiger partial charge on any atom is -0.487 e. The fourth-order valence-corrected chi connectivity index (χ4v) is 1.39. The van der Waals surface area contributed by atoms with Gasteiger partial charge in [0.25, 0.3) is 0 Å². The van der Waals surface area contributed by atoms with Crippen LogP contribution in [-0.4, -0.2) is 25.2 Å². The smallest absolute Gasteiger partial charge is 0.433 e. The highest BCUT2D eigenvalue weighted by Crippen LogP contribution is 2.36. The lowest BCUT2D eigenvalue weighted by atomic mass is 10.2. The van der Waals surface area contributed by atoms with Crippen molar-refractivity contribution in [2.75, 3.05) is 19.0 Å².